The minimum atomic E-state index is -0.611. The van der Waals surface area contributed by atoms with Gasteiger partial charge in [-0.25, -0.2) is 14.8 Å². The number of hydrogen-bond donors (Lipinski definition) is 3. The molecule has 3 N–H and O–H groups in total. The Morgan fingerprint density at radius 1 is 0.505 bits per heavy atom. The van der Waals surface area contributed by atoms with E-state index in [-0.39, 0.29) is 48.9 Å². The van der Waals surface area contributed by atoms with Gasteiger partial charge in [-0.15, -0.1) is 0 Å². The van der Waals surface area contributed by atoms with Gasteiger partial charge in [0.2, 0.25) is 11.8 Å². The molecule has 6 aliphatic heterocycles. The molecule has 6 aromatic carbocycles. The van der Waals surface area contributed by atoms with Gasteiger partial charge in [-0.1, -0.05) is 60.7 Å². The number of methoxy groups -OCH3 is 4. The molecule has 0 bridgehead atoms. The normalized spacial score (nSPS) is 20.6. The molecule has 14 rings (SSSR count). The Hall–Kier alpha value is -9.37. The van der Waals surface area contributed by atoms with Crippen LogP contribution in [0, 0.1) is 11.8 Å². The number of likely N-dealkylation sites (tertiary alicyclic amines) is 3. The minimum Gasteiger partial charge on any atom is -0.469 e. The predicted octanol–water partition coefficient (Wildman–Crippen LogP) is 14.0. The van der Waals surface area contributed by atoms with Crippen molar-refractivity contribution in [2.45, 2.75) is 154 Å². The summed E-state index contributed by atoms with van der Waals surface area (Å²) in [6, 6.07) is 38.9. The zero-order valence-electron chi connectivity index (χ0n) is 58.2. The van der Waals surface area contributed by atoms with Crippen LogP contribution in [0.2, 0.25) is 0 Å². The number of imidazole rings is 2. The van der Waals surface area contributed by atoms with Crippen molar-refractivity contribution in [2.75, 3.05) is 54.6 Å². The minimum absolute atomic E-state index is 0.000812. The Morgan fingerprint density at radius 2 is 0.919 bits per heavy atom. The van der Waals surface area contributed by atoms with Crippen LogP contribution in [-0.2, 0) is 42.9 Å². The molecule has 0 unspecified atom stereocenters. The van der Waals surface area contributed by atoms with Gasteiger partial charge in [0, 0.05) is 70.5 Å². The summed E-state index contributed by atoms with van der Waals surface area (Å²) in [5, 5.41) is 8.14. The number of carbonyl (C=O) groups excluding carboxylic acids is 5. The molecule has 4 fully saturated rings. The Bertz CT molecular complexity index is 4530. The number of aromatic amines is 2. The molecule has 20 heteroatoms. The second-order valence-electron chi connectivity index (χ2n) is 28.2. The maximum Gasteiger partial charge on any atom is 0.410 e. The van der Waals surface area contributed by atoms with E-state index in [0.29, 0.717) is 38.5 Å². The number of nitrogens with zero attached hydrogens (tertiary/aromatic N) is 7. The molecule has 2 aromatic heterocycles. The first-order valence-electron chi connectivity index (χ1n) is 35.0. The van der Waals surface area contributed by atoms with Crippen molar-refractivity contribution in [3.8, 4) is 22.3 Å². The zero-order chi connectivity index (χ0) is 69.2. The number of benzene rings is 6. The van der Waals surface area contributed by atoms with Crippen LogP contribution in [-0.4, -0.2) is 160 Å². The third kappa shape index (κ3) is 14.7. The lowest BCUT2D eigenvalue weighted by molar-refractivity contribution is -0.150. The quantitative estimate of drug-likeness (QED) is 0.0536. The van der Waals surface area contributed by atoms with Gasteiger partial charge in [-0.05, 0) is 207 Å². The monoisotopic (exact) mass is 1340 g/mol. The van der Waals surface area contributed by atoms with Crippen LogP contribution in [0.15, 0.2) is 132 Å². The standard InChI is InChI=1S/C42H49N5O6.C37H41N5O4/c1-25(51-5)32(23-38(48)52-6)40(49)46-17-7-9-36(46)35-22-31(24-43-35)29-14-13-26-19-28(12-11-27(26)20-29)30-15-16-33-34(21-30)45-39(44-33)37-10-8-18-47(37)41(50)53-42(2,3)4;1-22(45-2)29(20-35(43)46-3)37(44)42-15-5-7-34(42)33-19-28(21-39-33)26-11-10-23-16-25(9-8-24(23)17-26)27-12-13-30-32(18-27)41-36(40-30)31-6-4-14-38-31/h11-16,19-21,24-25,32,36-37H,7-10,17-18,22-23H2,1-6H3,(H,44,45);8-13,16-18,21-22,29,31,34,38H,4-7,14-15,19-20H2,1-3H3,(H,40,41)/t25-,32+,36+,37+;22-,29+,31+,34+/m11/s1. The summed E-state index contributed by atoms with van der Waals surface area (Å²) in [6.45, 7) is 12.3. The van der Waals surface area contributed by atoms with Crippen molar-refractivity contribution in [1.82, 2.24) is 40.0 Å². The maximum absolute atomic E-state index is 13.7. The molecule has 20 nitrogen and oxygen atoms in total. The van der Waals surface area contributed by atoms with E-state index in [1.54, 1.807) is 19.1 Å². The maximum atomic E-state index is 13.7. The molecular weight excluding hydrogens is 1250 g/mol. The van der Waals surface area contributed by atoms with Gasteiger partial charge in [0.25, 0.3) is 0 Å². The van der Waals surface area contributed by atoms with E-state index in [1.807, 2.05) is 62.9 Å². The molecule has 0 radical (unpaired) electrons. The lowest BCUT2D eigenvalue weighted by Crippen LogP contribution is -2.46. The van der Waals surface area contributed by atoms with Crippen molar-refractivity contribution in [2.24, 2.45) is 21.8 Å². The number of ether oxygens (including phenoxy) is 5. The number of nitrogens with one attached hydrogen (secondary N) is 3. The van der Waals surface area contributed by atoms with Crippen LogP contribution in [0.25, 0.3) is 77.0 Å². The SMILES string of the molecule is COC(=O)C[C@H](C(=O)N1CCC[C@H]1C1=NC=C(c2ccc3cc(-c4ccc5nc([C@@H]6CCCN6)[nH]c5c4)ccc3c2)C1)[C@@H](C)OC.COC(=O)C[C@H](C(=O)N1CCC[C@H]1C1=NC=C(c2ccc3cc(-c4ccc5nc([C@@H]6CCCN6C(=O)OC(C)(C)C)[nH]c5c4)ccc3c2)C1)[C@@H](C)OC. The van der Waals surface area contributed by atoms with Crippen LogP contribution in [0.3, 0.4) is 0 Å². The number of amides is 3. The molecule has 0 spiro atoms. The van der Waals surface area contributed by atoms with Gasteiger partial charge >= 0.3 is 18.0 Å². The number of carbonyl (C=O) groups is 5. The number of esters is 2. The van der Waals surface area contributed by atoms with Gasteiger partial charge in [0.05, 0.1) is 97.3 Å². The Kier molecular flexibility index (Phi) is 20.1. The second-order valence-corrected chi connectivity index (χ2v) is 28.2. The van der Waals surface area contributed by atoms with Crippen molar-refractivity contribution in [1.29, 1.82) is 0 Å². The molecule has 99 heavy (non-hydrogen) atoms. The number of rotatable bonds is 18. The van der Waals surface area contributed by atoms with Gasteiger partial charge in [-0.2, -0.15) is 0 Å². The summed E-state index contributed by atoms with van der Waals surface area (Å²) in [4.78, 5) is 96.5. The van der Waals surface area contributed by atoms with Gasteiger partial charge in [0.1, 0.15) is 17.2 Å². The smallest absolute Gasteiger partial charge is 0.410 e. The largest absolute Gasteiger partial charge is 0.469 e. The molecule has 0 aliphatic carbocycles. The van der Waals surface area contributed by atoms with Gasteiger partial charge in [0.15, 0.2) is 0 Å². The van der Waals surface area contributed by atoms with Crippen LogP contribution in [0.4, 0.5) is 4.79 Å². The Morgan fingerprint density at radius 3 is 1.36 bits per heavy atom. The molecule has 8 aromatic rings. The fourth-order valence-corrected chi connectivity index (χ4v) is 15.1. The number of hydrogen-bond acceptors (Lipinski definition) is 15. The number of H-pyrrole nitrogens is 2. The summed E-state index contributed by atoms with van der Waals surface area (Å²) in [5.41, 5.74) is 14.3. The highest BCUT2D eigenvalue weighted by Crippen LogP contribution is 2.39. The van der Waals surface area contributed by atoms with E-state index in [4.69, 9.17) is 43.6 Å². The lowest BCUT2D eigenvalue weighted by Gasteiger charge is -2.31. The molecule has 8 atom stereocenters. The van der Waals surface area contributed by atoms with Crippen molar-refractivity contribution < 1.29 is 47.7 Å². The van der Waals surface area contributed by atoms with E-state index in [1.165, 1.54) is 37.0 Å². The Balaban J connectivity index is 0.000000179. The molecule has 4 saturated heterocycles. The Labute approximate surface area is 577 Å². The summed E-state index contributed by atoms with van der Waals surface area (Å²) in [7, 11) is 5.80. The predicted molar refractivity (Wildman–Crippen MR) is 386 cm³/mol. The third-order valence-electron chi connectivity index (χ3n) is 20.8. The van der Waals surface area contributed by atoms with Gasteiger partial charge in [-0.3, -0.25) is 34.1 Å². The van der Waals surface area contributed by atoms with E-state index >= 15 is 0 Å². The van der Waals surface area contributed by atoms with Gasteiger partial charge < -0.3 is 48.8 Å². The zero-order valence-corrected chi connectivity index (χ0v) is 58.2. The average molecular weight is 1340 g/mol. The highest BCUT2D eigenvalue weighted by Gasteiger charge is 2.42. The van der Waals surface area contributed by atoms with E-state index in [2.05, 4.69) is 118 Å². The first-order chi connectivity index (χ1) is 47.8. The number of aromatic nitrogens is 4. The first kappa shape index (κ1) is 68.2. The highest BCUT2D eigenvalue weighted by atomic mass is 16.6. The molecule has 0 saturated carbocycles. The van der Waals surface area contributed by atoms with E-state index in [9.17, 15) is 24.0 Å². The molecule has 6 aliphatic rings. The number of allylic oxidation sites excluding steroid dienone is 2. The van der Waals surface area contributed by atoms with Crippen molar-refractivity contribution in [3.63, 3.8) is 0 Å². The number of fused-ring (bicyclic) bond motifs is 4. The fraction of sp³-hybridized carbons (Fsp3) is 0.430. The molecule has 8 heterocycles. The molecular formula is C79H90N10O10. The van der Waals surface area contributed by atoms with Crippen LogP contribution < -0.4 is 5.32 Å². The average Bonchev–Trinajstić information content (AvgIpc) is 1.67. The lowest BCUT2D eigenvalue weighted by atomic mass is 9.94. The van der Waals surface area contributed by atoms with E-state index in [0.717, 1.165) is 146 Å². The third-order valence-corrected chi connectivity index (χ3v) is 20.8. The first-order valence-corrected chi connectivity index (χ1v) is 35.0. The number of aliphatic imine (C=N–C) groups is 2. The van der Waals surface area contributed by atoms with Crippen LogP contribution >= 0.6 is 0 Å². The summed E-state index contributed by atoms with van der Waals surface area (Å²) in [5.74, 6) is -0.376. The topological polar surface area (TPSA) is 235 Å². The fourth-order valence-electron chi connectivity index (χ4n) is 15.1. The summed E-state index contributed by atoms with van der Waals surface area (Å²) < 4.78 is 26.4. The summed E-state index contributed by atoms with van der Waals surface area (Å²) in [6.07, 6.45) is 11.7. The molecule has 516 valence electrons. The van der Waals surface area contributed by atoms with Crippen LogP contribution in [0.1, 0.15) is 147 Å². The molecule has 3 amide bonds. The van der Waals surface area contributed by atoms with Crippen molar-refractivity contribution in [3.05, 3.63) is 144 Å². The van der Waals surface area contributed by atoms with Crippen LogP contribution in [0.5, 0.6) is 0 Å². The summed E-state index contributed by atoms with van der Waals surface area (Å²) >= 11 is 0. The van der Waals surface area contributed by atoms with E-state index < -0.39 is 41.6 Å². The highest BCUT2D eigenvalue weighted by molar-refractivity contribution is 6.06. The van der Waals surface area contributed by atoms with Crippen molar-refractivity contribution >= 4 is 96.0 Å². The second kappa shape index (κ2) is 29.2.